The molecule has 0 aliphatic rings. The average molecular weight is 179 g/mol. The SMILES string of the molecule is CCO[C@@H](CC)c1cccc(N)c1. The zero-order chi connectivity index (χ0) is 9.68. The van der Waals surface area contributed by atoms with Crippen molar-refractivity contribution < 1.29 is 4.74 Å². The van der Waals surface area contributed by atoms with Crippen LogP contribution in [0.2, 0.25) is 0 Å². The summed E-state index contributed by atoms with van der Waals surface area (Å²) in [6, 6.07) is 7.89. The summed E-state index contributed by atoms with van der Waals surface area (Å²) in [5.41, 5.74) is 7.66. The second-order valence-electron chi connectivity index (χ2n) is 3.02. The predicted octanol–water partition coefficient (Wildman–Crippen LogP) is 2.76. The van der Waals surface area contributed by atoms with Gasteiger partial charge >= 0.3 is 0 Å². The summed E-state index contributed by atoms with van der Waals surface area (Å²) >= 11 is 0. The lowest BCUT2D eigenvalue weighted by Gasteiger charge is -2.15. The number of nitrogens with two attached hydrogens (primary N) is 1. The average Bonchev–Trinajstić information content (AvgIpc) is 2.14. The Morgan fingerprint density at radius 3 is 2.69 bits per heavy atom. The van der Waals surface area contributed by atoms with Crippen molar-refractivity contribution >= 4 is 5.69 Å². The van der Waals surface area contributed by atoms with Crippen molar-refractivity contribution in [3.05, 3.63) is 29.8 Å². The smallest absolute Gasteiger partial charge is 0.0822 e. The molecule has 0 aliphatic heterocycles. The Hall–Kier alpha value is -1.02. The molecule has 0 fully saturated rings. The molecule has 0 amide bonds. The molecule has 1 rings (SSSR count). The van der Waals surface area contributed by atoms with Gasteiger partial charge in [0.1, 0.15) is 0 Å². The summed E-state index contributed by atoms with van der Waals surface area (Å²) in [4.78, 5) is 0. The highest BCUT2D eigenvalue weighted by atomic mass is 16.5. The summed E-state index contributed by atoms with van der Waals surface area (Å²) in [5.74, 6) is 0. The fourth-order valence-electron chi connectivity index (χ4n) is 1.41. The van der Waals surface area contributed by atoms with Crippen LogP contribution in [0.25, 0.3) is 0 Å². The summed E-state index contributed by atoms with van der Waals surface area (Å²) in [5, 5.41) is 0. The highest BCUT2D eigenvalue weighted by Crippen LogP contribution is 2.22. The third-order valence-corrected chi connectivity index (χ3v) is 2.02. The van der Waals surface area contributed by atoms with E-state index in [4.69, 9.17) is 10.5 Å². The first-order chi connectivity index (χ1) is 6.27. The molecule has 0 aromatic heterocycles. The molecule has 0 saturated heterocycles. The van der Waals surface area contributed by atoms with Crippen LogP contribution in [0.5, 0.6) is 0 Å². The van der Waals surface area contributed by atoms with E-state index in [2.05, 4.69) is 13.0 Å². The lowest BCUT2D eigenvalue weighted by Crippen LogP contribution is -2.03. The lowest BCUT2D eigenvalue weighted by molar-refractivity contribution is 0.0599. The Labute approximate surface area is 79.7 Å². The molecule has 0 radical (unpaired) electrons. The van der Waals surface area contributed by atoms with Gasteiger partial charge in [-0.1, -0.05) is 19.1 Å². The highest BCUT2D eigenvalue weighted by Gasteiger charge is 2.07. The van der Waals surface area contributed by atoms with Gasteiger partial charge in [0.2, 0.25) is 0 Å². The Balaban J connectivity index is 2.78. The van der Waals surface area contributed by atoms with Gasteiger partial charge in [0, 0.05) is 12.3 Å². The number of nitrogen functional groups attached to an aromatic ring is 1. The molecule has 1 atom stereocenters. The molecule has 1 aromatic carbocycles. The summed E-state index contributed by atoms with van der Waals surface area (Å²) in [6.07, 6.45) is 1.17. The standard InChI is InChI=1S/C11H17NO/c1-3-11(13-4-2)9-6-5-7-10(12)8-9/h5-8,11H,3-4,12H2,1-2H3/t11-/m0/s1. The lowest BCUT2D eigenvalue weighted by atomic mass is 10.1. The van der Waals surface area contributed by atoms with Crippen molar-refractivity contribution in [2.24, 2.45) is 0 Å². The first-order valence-electron chi connectivity index (χ1n) is 4.75. The van der Waals surface area contributed by atoms with E-state index in [-0.39, 0.29) is 6.10 Å². The number of ether oxygens (including phenoxy) is 1. The molecule has 2 N–H and O–H groups in total. The van der Waals surface area contributed by atoms with Gasteiger partial charge in [-0.3, -0.25) is 0 Å². The molecule has 0 unspecified atom stereocenters. The molecule has 13 heavy (non-hydrogen) atoms. The number of hydrogen-bond donors (Lipinski definition) is 1. The minimum atomic E-state index is 0.188. The number of hydrogen-bond acceptors (Lipinski definition) is 2. The Morgan fingerprint density at radius 1 is 1.38 bits per heavy atom. The maximum atomic E-state index is 5.69. The summed E-state index contributed by atoms with van der Waals surface area (Å²) in [6.45, 7) is 4.87. The van der Waals surface area contributed by atoms with E-state index in [1.807, 2.05) is 25.1 Å². The Bertz CT molecular complexity index is 260. The van der Waals surface area contributed by atoms with E-state index in [0.717, 1.165) is 18.7 Å². The van der Waals surface area contributed by atoms with Gasteiger partial charge in [0.15, 0.2) is 0 Å². The van der Waals surface area contributed by atoms with Gasteiger partial charge in [0.25, 0.3) is 0 Å². The normalized spacial score (nSPS) is 12.8. The van der Waals surface area contributed by atoms with Gasteiger partial charge in [-0.15, -0.1) is 0 Å². The molecule has 72 valence electrons. The van der Waals surface area contributed by atoms with Crippen LogP contribution < -0.4 is 5.73 Å². The second kappa shape index (κ2) is 4.87. The quantitative estimate of drug-likeness (QED) is 0.721. The molecule has 0 saturated carbocycles. The number of benzene rings is 1. The van der Waals surface area contributed by atoms with Crippen LogP contribution in [0.3, 0.4) is 0 Å². The van der Waals surface area contributed by atoms with Crippen molar-refractivity contribution in [3.8, 4) is 0 Å². The second-order valence-corrected chi connectivity index (χ2v) is 3.02. The van der Waals surface area contributed by atoms with Crippen molar-refractivity contribution in [3.63, 3.8) is 0 Å². The topological polar surface area (TPSA) is 35.2 Å². The fourth-order valence-corrected chi connectivity index (χ4v) is 1.41. The maximum absolute atomic E-state index is 5.69. The van der Waals surface area contributed by atoms with Gasteiger partial charge < -0.3 is 10.5 Å². The largest absolute Gasteiger partial charge is 0.399 e. The molecule has 2 heteroatoms. The monoisotopic (exact) mass is 179 g/mol. The Kier molecular flexibility index (Phi) is 3.77. The molecular weight excluding hydrogens is 162 g/mol. The van der Waals surface area contributed by atoms with Crippen molar-refractivity contribution in [1.29, 1.82) is 0 Å². The number of anilines is 1. The molecule has 0 spiro atoms. The van der Waals surface area contributed by atoms with E-state index in [9.17, 15) is 0 Å². The third kappa shape index (κ3) is 2.74. The minimum Gasteiger partial charge on any atom is -0.399 e. The van der Waals surface area contributed by atoms with Crippen LogP contribution in [-0.4, -0.2) is 6.61 Å². The van der Waals surface area contributed by atoms with Crippen LogP contribution >= 0.6 is 0 Å². The van der Waals surface area contributed by atoms with E-state index in [0.29, 0.717) is 0 Å². The molecule has 0 bridgehead atoms. The molecule has 0 aliphatic carbocycles. The van der Waals surface area contributed by atoms with Gasteiger partial charge in [-0.05, 0) is 31.0 Å². The van der Waals surface area contributed by atoms with Crippen molar-refractivity contribution in [2.75, 3.05) is 12.3 Å². The minimum absolute atomic E-state index is 0.188. The maximum Gasteiger partial charge on any atom is 0.0822 e. The van der Waals surface area contributed by atoms with Crippen molar-refractivity contribution in [2.45, 2.75) is 26.4 Å². The molecular formula is C11H17NO. The summed E-state index contributed by atoms with van der Waals surface area (Å²) < 4.78 is 5.58. The van der Waals surface area contributed by atoms with Gasteiger partial charge in [-0.2, -0.15) is 0 Å². The first kappa shape index (κ1) is 10.1. The van der Waals surface area contributed by atoms with Crippen LogP contribution in [0.1, 0.15) is 31.9 Å². The fraction of sp³-hybridized carbons (Fsp3) is 0.455. The van der Waals surface area contributed by atoms with Gasteiger partial charge in [-0.25, -0.2) is 0 Å². The Morgan fingerprint density at radius 2 is 2.15 bits per heavy atom. The third-order valence-electron chi connectivity index (χ3n) is 2.02. The molecule has 2 nitrogen and oxygen atoms in total. The van der Waals surface area contributed by atoms with E-state index >= 15 is 0 Å². The van der Waals surface area contributed by atoms with Crippen molar-refractivity contribution in [1.82, 2.24) is 0 Å². The van der Waals surface area contributed by atoms with Crippen LogP contribution in [0.4, 0.5) is 5.69 Å². The van der Waals surface area contributed by atoms with E-state index < -0.39 is 0 Å². The first-order valence-corrected chi connectivity index (χ1v) is 4.75. The van der Waals surface area contributed by atoms with E-state index in [1.165, 1.54) is 5.56 Å². The highest BCUT2D eigenvalue weighted by molar-refractivity contribution is 5.41. The van der Waals surface area contributed by atoms with E-state index in [1.54, 1.807) is 0 Å². The van der Waals surface area contributed by atoms with Gasteiger partial charge in [0.05, 0.1) is 6.10 Å². The molecule has 1 aromatic rings. The van der Waals surface area contributed by atoms with Crippen LogP contribution in [0, 0.1) is 0 Å². The van der Waals surface area contributed by atoms with Crippen LogP contribution in [-0.2, 0) is 4.74 Å². The van der Waals surface area contributed by atoms with Crippen LogP contribution in [0.15, 0.2) is 24.3 Å². The zero-order valence-electron chi connectivity index (χ0n) is 8.29. The number of rotatable bonds is 4. The zero-order valence-corrected chi connectivity index (χ0v) is 8.29. The summed E-state index contributed by atoms with van der Waals surface area (Å²) in [7, 11) is 0. The predicted molar refractivity (Wildman–Crippen MR) is 55.5 cm³/mol. The molecule has 0 heterocycles.